The Hall–Kier alpha value is -3.72. The number of hydrogen-bond acceptors (Lipinski definition) is 11. The topological polar surface area (TPSA) is 147 Å². The zero-order valence-corrected chi connectivity index (χ0v) is 28.2. The summed E-state index contributed by atoms with van der Waals surface area (Å²) in [7, 11) is 2.13. The summed E-state index contributed by atoms with van der Waals surface area (Å²) in [5, 5.41) is 22.3. The zero-order valence-electron chi connectivity index (χ0n) is 27.5. The zero-order chi connectivity index (χ0) is 33.0. The van der Waals surface area contributed by atoms with Gasteiger partial charge in [0, 0.05) is 50.2 Å². The molecule has 15 heteroatoms. The number of aromatic nitrogens is 6. The number of anilines is 2. The summed E-state index contributed by atoms with van der Waals surface area (Å²) in [5.74, 6) is -0.742. The Labute approximate surface area is 274 Å². The molecule has 2 aliphatic heterocycles. The van der Waals surface area contributed by atoms with E-state index in [1.807, 2.05) is 39.0 Å². The van der Waals surface area contributed by atoms with Crippen LogP contribution in [0.1, 0.15) is 67.7 Å². The molecule has 0 unspecified atom stereocenters. The lowest BCUT2D eigenvalue weighted by atomic mass is 9.90. The molecule has 0 spiro atoms. The number of ether oxygens (including phenoxy) is 1. The first-order valence-electron chi connectivity index (χ1n) is 15.7. The van der Waals surface area contributed by atoms with Gasteiger partial charge in [-0.15, -0.1) is 15.3 Å². The van der Waals surface area contributed by atoms with Crippen LogP contribution in [-0.4, -0.2) is 123 Å². The first kappa shape index (κ1) is 33.6. The van der Waals surface area contributed by atoms with Gasteiger partial charge in [0.15, 0.2) is 11.4 Å². The molecule has 5 rings (SSSR count). The summed E-state index contributed by atoms with van der Waals surface area (Å²) < 4.78 is 6.92. The maximum absolute atomic E-state index is 13.8. The van der Waals surface area contributed by atoms with E-state index < -0.39 is 11.3 Å². The van der Waals surface area contributed by atoms with Gasteiger partial charge in [-0.25, -0.2) is 9.67 Å². The van der Waals surface area contributed by atoms with Gasteiger partial charge in [0.05, 0.1) is 42.2 Å². The van der Waals surface area contributed by atoms with E-state index in [-0.39, 0.29) is 22.6 Å². The van der Waals surface area contributed by atoms with E-state index in [1.54, 1.807) is 6.20 Å². The van der Waals surface area contributed by atoms with Crippen molar-refractivity contribution >= 4 is 34.8 Å². The summed E-state index contributed by atoms with van der Waals surface area (Å²) in [6.07, 6.45) is 2.42. The predicted molar refractivity (Wildman–Crippen MR) is 176 cm³/mol. The molecule has 14 nitrogen and oxygen atoms in total. The van der Waals surface area contributed by atoms with Gasteiger partial charge in [0.2, 0.25) is 5.28 Å². The van der Waals surface area contributed by atoms with Gasteiger partial charge in [-0.2, -0.15) is 0 Å². The van der Waals surface area contributed by atoms with Gasteiger partial charge in [-0.1, -0.05) is 26.0 Å². The van der Waals surface area contributed by atoms with Crippen molar-refractivity contribution in [2.24, 2.45) is 0 Å². The highest BCUT2D eigenvalue weighted by Gasteiger charge is 2.30. The monoisotopic (exact) mass is 653 g/mol. The van der Waals surface area contributed by atoms with Crippen LogP contribution in [0.2, 0.25) is 5.28 Å². The average Bonchev–Trinajstić information content (AvgIpc) is 3.52. The van der Waals surface area contributed by atoms with E-state index in [2.05, 4.69) is 71.7 Å². The summed E-state index contributed by atoms with van der Waals surface area (Å²) in [6.45, 7) is 16.5. The second kappa shape index (κ2) is 14.4. The Morgan fingerprint density at radius 1 is 1.04 bits per heavy atom. The fourth-order valence-corrected chi connectivity index (χ4v) is 5.84. The van der Waals surface area contributed by atoms with Crippen molar-refractivity contribution in [3.8, 4) is 5.69 Å². The second-order valence-electron chi connectivity index (χ2n) is 13.1. The van der Waals surface area contributed by atoms with Gasteiger partial charge in [-0.3, -0.25) is 19.4 Å². The van der Waals surface area contributed by atoms with Crippen LogP contribution in [0.25, 0.3) is 5.69 Å². The number of halogens is 1. The van der Waals surface area contributed by atoms with Crippen LogP contribution in [0.4, 0.5) is 11.4 Å². The second-order valence-corrected chi connectivity index (χ2v) is 13.4. The molecule has 248 valence electrons. The molecule has 2 fully saturated rings. The predicted octanol–water partition coefficient (Wildman–Crippen LogP) is 2.64. The SMILES string of the molecule is C[C@@H]1CN(c2ccc(-n3cc(C(=O)NCCCN4CCOCC4)nn3)cc2NC(=O)c2nnc(Cl)nc2C(C)(C)C)C[C@H](C)N1C. The number of amides is 2. The van der Waals surface area contributed by atoms with Crippen LogP contribution in [0.3, 0.4) is 0 Å². The number of nitrogens with one attached hydrogen (secondary N) is 2. The van der Waals surface area contributed by atoms with Gasteiger partial charge in [0.1, 0.15) is 0 Å². The molecule has 0 saturated carbocycles. The molecule has 4 heterocycles. The molecule has 0 radical (unpaired) electrons. The van der Waals surface area contributed by atoms with Crippen LogP contribution in [0.5, 0.6) is 0 Å². The number of carbonyl (C=O) groups excluding carboxylic acids is 2. The van der Waals surface area contributed by atoms with E-state index in [0.717, 1.165) is 58.0 Å². The molecule has 2 saturated heterocycles. The lowest BCUT2D eigenvalue weighted by Crippen LogP contribution is -2.55. The lowest BCUT2D eigenvalue weighted by Gasteiger charge is -2.44. The number of benzene rings is 1. The van der Waals surface area contributed by atoms with Gasteiger partial charge in [0.25, 0.3) is 11.8 Å². The summed E-state index contributed by atoms with van der Waals surface area (Å²) in [6, 6.07) is 6.29. The molecule has 2 aromatic heterocycles. The highest BCUT2D eigenvalue weighted by atomic mass is 35.5. The molecular formula is C31H44ClN11O3. The third-order valence-corrected chi connectivity index (χ3v) is 8.71. The van der Waals surface area contributed by atoms with Crippen LogP contribution in [-0.2, 0) is 10.2 Å². The minimum absolute atomic E-state index is 0.0206. The smallest absolute Gasteiger partial charge is 0.278 e. The lowest BCUT2D eigenvalue weighted by molar-refractivity contribution is 0.0374. The normalized spacial score (nSPS) is 19.7. The number of likely N-dealkylation sites (N-methyl/N-ethyl adjacent to an activating group) is 1. The Kier molecular flexibility index (Phi) is 10.5. The van der Waals surface area contributed by atoms with E-state index in [4.69, 9.17) is 16.3 Å². The number of piperazine rings is 1. The van der Waals surface area contributed by atoms with Crippen molar-refractivity contribution in [2.75, 3.05) is 69.7 Å². The Bertz CT molecular complexity index is 1520. The van der Waals surface area contributed by atoms with Gasteiger partial charge in [-0.05, 0) is 63.7 Å². The average molecular weight is 654 g/mol. The molecule has 1 aromatic carbocycles. The maximum atomic E-state index is 13.8. The quantitative estimate of drug-likeness (QED) is 0.329. The van der Waals surface area contributed by atoms with Gasteiger partial charge >= 0.3 is 0 Å². The van der Waals surface area contributed by atoms with E-state index in [0.29, 0.717) is 35.7 Å². The van der Waals surface area contributed by atoms with Crippen molar-refractivity contribution in [1.29, 1.82) is 0 Å². The first-order valence-corrected chi connectivity index (χ1v) is 16.1. The number of carbonyl (C=O) groups is 2. The van der Waals surface area contributed by atoms with Gasteiger partial charge < -0.3 is 20.3 Å². The van der Waals surface area contributed by atoms with Crippen LogP contribution < -0.4 is 15.5 Å². The number of morpholine rings is 1. The number of nitrogens with zero attached hydrogens (tertiary/aromatic N) is 9. The Balaban J connectivity index is 1.37. The molecule has 2 N–H and O–H groups in total. The molecule has 0 bridgehead atoms. The molecule has 0 aliphatic carbocycles. The fourth-order valence-electron chi connectivity index (χ4n) is 5.72. The number of rotatable bonds is 9. The van der Waals surface area contributed by atoms with Crippen molar-refractivity contribution in [2.45, 2.75) is 58.5 Å². The van der Waals surface area contributed by atoms with Crippen molar-refractivity contribution in [3.05, 3.63) is 46.8 Å². The molecule has 2 atom stereocenters. The minimum Gasteiger partial charge on any atom is -0.379 e. The third-order valence-electron chi connectivity index (χ3n) is 8.55. The number of hydrogen-bond donors (Lipinski definition) is 2. The summed E-state index contributed by atoms with van der Waals surface area (Å²) in [4.78, 5) is 37.9. The van der Waals surface area contributed by atoms with E-state index in [9.17, 15) is 9.59 Å². The standard InChI is InChI=1S/C31H44ClN11O3/c1-20-17-42(18-21(2)40(20)6)25-9-8-22(16-23(25)34-29(45)26-27(31(3,4)5)35-30(32)38-37-26)43-19-24(36-39-43)28(44)33-10-7-11-41-12-14-46-15-13-41/h8-9,16,19-21H,7,10-15,17-18H2,1-6H3,(H,33,44)(H,34,45)/t20-,21+. The van der Waals surface area contributed by atoms with Crippen LogP contribution in [0, 0.1) is 0 Å². The van der Waals surface area contributed by atoms with E-state index in [1.165, 1.54) is 4.68 Å². The Morgan fingerprint density at radius 2 is 1.76 bits per heavy atom. The Morgan fingerprint density at radius 3 is 2.46 bits per heavy atom. The molecule has 2 aliphatic rings. The summed E-state index contributed by atoms with van der Waals surface area (Å²) in [5.41, 5.74) is 2.30. The highest BCUT2D eigenvalue weighted by Crippen LogP contribution is 2.32. The fraction of sp³-hybridized carbons (Fsp3) is 0.581. The van der Waals surface area contributed by atoms with Crippen LogP contribution >= 0.6 is 11.6 Å². The van der Waals surface area contributed by atoms with Crippen molar-refractivity contribution in [3.63, 3.8) is 0 Å². The van der Waals surface area contributed by atoms with Crippen LogP contribution in [0.15, 0.2) is 24.4 Å². The van der Waals surface area contributed by atoms with E-state index >= 15 is 0 Å². The molecule has 2 amide bonds. The van der Waals surface area contributed by atoms with Crippen molar-refractivity contribution in [1.82, 2.24) is 45.3 Å². The molecule has 3 aromatic rings. The maximum Gasteiger partial charge on any atom is 0.278 e. The third kappa shape index (κ3) is 7.97. The summed E-state index contributed by atoms with van der Waals surface area (Å²) >= 11 is 6.06. The largest absolute Gasteiger partial charge is 0.379 e. The first-order chi connectivity index (χ1) is 21.9. The molecule has 46 heavy (non-hydrogen) atoms. The van der Waals surface area contributed by atoms with Crippen molar-refractivity contribution < 1.29 is 14.3 Å². The molecular weight excluding hydrogens is 610 g/mol. The minimum atomic E-state index is -0.501. The highest BCUT2D eigenvalue weighted by molar-refractivity contribution is 6.28.